The average Bonchev–Trinajstić information content (AvgIpc) is 2.98. The maximum Gasteiger partial charge on any atom is 0.309 e. The van der Waals surface area contributed by atoms with Crippen LogP contribution in [0.2, 0.25) is 0 Å². The zero-order chi connectivity index (χ0) is 13.9. The Bertz CT molecular complexity index is 316. The Hall–Kier alpha value is -1.06. The molecule has 0 radical (unpaired) electrons. The van der Waals surface area contributed by atoms with E-state index in [1.165, 1.54) is 0 Å². The molecule has 2 fully saturated rings. The molecule has 2 unspecified atom stereocenters. The molecule has 2 saturated carbocycles. The van der Waals surface area contributed by atoms with Crippen LogP contribution in [0.25, 0.3) is 0 Å². The first-order valence-electron chi connectivity index (χ1n) is 7.49. The molecule has 0 saturated heterocycles. The molecule has 1 spiro atoms. The fourth-order valence-corrected chi connectivity index (χ4v) is 4.10. The van der Waals surface area contributed by atoms with Crippen molar-refractivity contribution < 1.29 is 19.1 Å². The number of rotatable bonds is 4. The topological polar surface area (TPSA) is 52.6 Å². The van der Waals surface area contributed by atoms with Crippen LogP contribution in [0.1, 0.15) is 52.4 Å². The second-order valence-corrected chi connectivity index (χ2v) is 5.63. The minimum Gasteiger partial charge on any atom is -0.466 e. The van der Waals surface area contributed by atoms with E-state index in [4.69, 9.17) is 9.47 Å². The van der Waals surface area contributed by atoms with Crippen LogP contribution in [-0.4, -0.2) is 25.2 Å². The minimum absolute atomic E-state index is 0.107. The lowest BCUT2D eigenvalue weighted by Crippen LogP contribution is -2.39. The number of carbonyl (C=O) groups is 2. The number of hydrogen-bond donors (Lipinski definition) is 0. The number of esters is 2. The van der Waals surface area contributed by atoms with Gasteiger partial charge < -0.3 is 9.47 Å². The summed E-state index contributed by atoms with van der Waals surface area (Å²) in [5.41, 5.74) is -0.182. The first-order chi connectivity index (χ1) is 9.15. The molecule has 0 aromatic rings. The third kappa shape index (κ3) is 2.49. The first kappa shape index (κ1) is 14.4. The second-order valence-electron chi connectivity index (χ2n) is 5.63. The summed E-state index contributed by atoms with van der Waals surface area (Å²) in [7, 11) is 0. The third-order valence-electron chi connectivity index (χ3n) is 4.80. The van der Waals surface area contributed by atoms with Crippen molar-refractivity contribution in [2.75, 3.05) is 13.2 Å². The van der Waals surface area contributed by atoms with Crippen molar-refractivity contribution in [3.8, 4) is 0 Å². The molecule has 2 rings (SSSR count). The Morgan fingerprint density at radius 3 is 1.74 bits per heavy atom. The van der Waals surface area contributed by atoms with Gasteiger partial charge in [0.25, 0.3) is 0 Å². The van der Waals surface area contributed by atoms with E-state index < -0.39 is 0 Å². The summed E-state index contributed by atoms with van der Waals surface area (Å²) >= 11 is 0. The second kappa shape index (κ2) is 5.93. The van der Waals surface area contributed by atoms with Crippen molar-refractivity contribution in [3.63, 3.8) is 0 Å². The summed E-state index contributed by atoms with van der Waals surface area (Å²) in [6.45, 7) is 4.49. The molecule has 0 N–H and O–H groups in total. The molecular formula is C15H24O4. The van der Waals surface area contributed by atoms with E-state index >= 15 is 0 Å². The van der Waals surface area contributed by atoms with Crippen molar-refractivity contribution >= 4 is 11.9 Å². The Labute approximate surface area is 114 Å². The lowest BCUT2D eigenvalue weighted by atomic mass is 9.70. The van der Waals surface area contributed by atoms with Crippen LogP contribution in [0.3, 0.4) is 0 Å². The summed E-state index contributed by atoms with van der Waals surface area (Å²) in [5, 5.41) is 0. The van der Waals surface area contributed by atoms with Crippen molar-refractivity contribution in [2.24, 2.45) is 17.3 Å². The molecule has 0 amide bonds. The Morgan fingerprint density at radius 1 is 0.947 bits per heavy atom. The predicted octanol–water partition coefficient (Wildman–Crippen LogP) is 2.70. The molecule has 2 aliphatic rings. The van der Waals surface area contributed by atoms with Gasteiger partial charge in [-0.05, 0) is 44.9 Å². The fraction of sp³-hybridized carbons (Fsp3) is 0.867. The highest BCUT2D eigenvalue weighted by molar-refractivity contribution is 5.79. The van der Waals surface area contributed by atoms with Crippen LogP contribution >= 0.6 is 0 Å². The van der Waals surface area contributed by atoms with Crippen LogP contribution < -0.4 is 0 Å². The molecule has 0 aromatic heterocycles. The van der Waals surface area contributed by atoms with E-state index in [9.17, 15) is 9.59 Å². The summed E-state index contributed by atoms with van der Waals surface area (Å²) in [6.07, 6.45) is 5.65. The Balaban J connectivity index is 2.18. The monoisotopic (exact) mass is 268 g/mol. The third-order valence-corrected chi connectivity index (χ3v) is 4.80. The maximum atomic E-state index is 12.2. The highest BCUT2D eigenvalue weighted by Crippen LogP contribution is 2.58. The molecule has 108 valence electrons. The summed E-state index contributed by atoms with van der Waals surface area (Å²) < 4.78 is 10.4. The number of carbonyl (C=O) groups excluding carboxylic acids is 2. The van der Waals surface area contributed by atoms with Crippen molar-refractivity contribution in [1.82, 2.24) is 0 Å². The lowest BCUT2D eigenvalue weighted by molar-refractivity contribution is -0.159. The van der Waals surface area contributed by atoms with Gasteiger partial charge in [0.1, 0.15) is 0 Å². The lowest BCUT2D eigenvalue weighted by Gasteiger charge is -2.34. The smallest absolute Gasteiger partial charge is 0.309 e. The van der Waals surface area contributed by atoms with Gasteiger partial charge in [-0.1, -0.05) is 12.8 Å². The van der Waals surface area contributed by atoms with E-state index in [2.05, 4.69) is 0 Å². The van der Waals surface area contributed by atoms with Crippen LogP contribution in [-0.2, 0) is 19.1 Å². The van der Waals surface area contributed by atoms with Crippen LogP contribution in [0, 0.1) is 17.3 Å². The number of ether oxygens (including phenoxy) is 2. The molecule has 0 aliphatic heterocycles. The predicted molar refractivity (Wildman–Crippen MR) is 70.4 cm³/mol. The SMILES string of the molecule is CCOC(=O)C1CCCC12CCCC2C(=O)OCC. The highest BCUT2D eigenvalue weighted by atomic mass is 16.5. The molecule has 0 bridgehead atoms. The number of hydrogen-bond acceptors (Lipinski definition) is 4. The molecule has 19 heavy (non-hydrogen) atoms. The van der Waals surface area contributed by atoms with Gasteiger partial charge in [-0.25, -0.2) is 0 Å². The highest BCUT2D eigenvalue weighted by Gasteiger charge is 2.57. The summed E-state index contributed by atoms with van der Waals surface area (Å²) in [4.78, 5) is 24.3. The minimum atomic E-state index is -0.182. The Kier molecular flexibility index (Phi) is 4.48. The summed E-state index contributed by atoms with van der Waals surface area (Å²) in [5.74, 6) is -0.443. The Morgan fingerprint density at radius 2 is 1.37 bits per heavy atom. The van der Waals surface area contributed by atoms with E-state index in [-0.39, 0.29) is 29.2 Å². The largest absolute Gasteiger partial charge is 0.466 e. The van der Waals surface area contributed by atoms with Gasteiger partial charge in [0, 0.05) is 0 Å². The maximum absolute atomic E-state index is 12.2. The molecule has 0 heterocycles. The quantitative estimate of drug-likeness (QED) is 0.736. The van der Waals surface area contributed by atoms with Gasteiger partial charge in [-0.3, -0.25) is 9.59 Å². The molecule has 0 aromatic carbocycles. The van der Waals surface area contributed by atoms with Gasteiger partial charge in [-0.15, -0.1) is 0 Å². The van der Waals surface area contributed by atoms with E-state index in [0.29, 0.717) is 13.2 Å². The molecule has 4 nitrogen and oxygen atoms in total. The fourth-order valence-electron chi connectivity index (χ4n) is 4.10. The van der Waals surface area contributed by atoms with E-state index in [0.717, 1.165) is 38.5 Å². The molecule has 4 heteroatoms. The van der Waals surface area contributed by atoms with Crippen LogP contribution in [0.4, 0.5) is 0 Å². The van der Waals surface area contributed by atoms with E-state index in [1.54, 1.807) is 0 Å². The van der Waals surface area contributed by atoms with Crippen LogP contribution in [0.5, 0.6) is 0 Å². The molecular weight excluding hydrogens is 244 g/mol. The van der Waals surface area contributed by atoms with E-state index in [1.807, 2.05) is 13.8 Å². The summed E-state index contributed by atoms with van der Waals surface area (Å²) in [6, 6.07) is 0. The molecule has 2 aliphatic carbocycles. The van der Waals surface area contributed by atoms with Crippen molar-refractivity contribution in [3.05, 3.63) is 0 Å². The average molecular weight is 268 g/mol. The first-order valence-corrected chi connectivity index (χ1v) is 7.49. The van der Waals surface area contributed by atoms with Gasteiger partial charge in [0.05, 0.1) is 25.0 Å². The normalized spacial score (nSPS) is 33.6. The van der Waals surface area contributed by atoms with Crippen molar-refractivity contribution in [1.29, 1.82) is 0 Å². The van der Waals surface area contributed by atoms with Gasteiger partial charge >= 0.3 is 11.9 Å². The molecule has 2 atom stereocenters. The van der Waals surface area contributed by atoms with Crippen molar-refractivity contribution in [2.45, 2.75) is 52.4 Å². The van der Waals surface area contributed by atoms with Gasteiger partial charge in [0.15, 0.2) is 0 Å². The standard InChI is InChI=1S/C15H24O4/c1-3-18-13(16)11-7-5-9-15(11)10-6-8-12(15)14(17)19-4-2/h11-12H,3-10H2,1-2H3. The van der Waals surface area contributed by atoms with Crippen LogP contribution in [0.15, 0.2) is 0 Å². The van der Waals surface area contributed by atoms with Gasteiger partial charge in [0.2, 0.25) is 0 Å². The van der Waals surface area contributed by atoms with Gasteiger partial charge in [-0.2, -0.15) is 0 Å². The zero-order valence-corrected chi connectivity index (χ0v) is 11.9. The zero-order valence-electron chi connectivity index (χ0n) is 11.9.